The van der Waals surface area contributed by atoms with Gasteiger partial charge in [0.2, 0.25) is 5.91 Å². The van der Waals surface area contributed by atoms with Gasteiger partial charge < -0.3 is 14.6 Å². The molecule has 0 bridgehead atoms. The number of aromatic nitrogens is 1. The molecule has 150 valence electrons. The highest BCUT2D eigenvalue weighted by atomic mass is 16.5. The summed E-state index contributed by atoms with van der Waals surface area (Å²) in [4.78, 5) is 27.7. The summed E-state index contributed by atoms with van der Waals surface area (Å²) in [5.74, 6) is 0.103. The van der Waals surface area contributed by atoms with E-state index in [9.17, 15) is 9.59 Å². The molecule has 2 aliphatic heterocycles. The van der Waals surface area contributed by atoms with Crippen LogP contribution in [0.2, 0.25) is 0 Å². The highest BCUT2D eigenvalue weighted by molar-refractivity contribution is 6.08. The molecular weight excluding hydrogens is 354 g/mol. The highest BCUT2D eigenvalue weighted by Crippen LogP contribution is 2.23. The van der Waals surface area contributed by atoms with Gasteiger partial charge in [0.25, 0.3) is 0 Å². The third kappa shape index (κ3) is 3.84. The van der Waals surface area contributed by atoms with E-state index < -0.39 is 0 Å². The molecule has 28 heavy (non-hydrogen) atoms. The average molecular weight is 383 g/mol. The Balaban J connectivity index is 1.48. The number of rotatable bonds is 7. The lowest BCUT2D eigenvalue weighted by atomic mass is 10.1. The monoisotopic (exact) mass is 383 g/mol. The van der Waals surface area contributed by atoms with Crippen LogP contribution in [-0.2, 0) is 16.1 Å². The Morgan fingerprint density at radius 1 is 1.18 bits per heavy atom. The molecule has 0 saturated carbocycles. The first-order valence-electron chi connectivity index (χ1n) is 10.4. The van der Waals surface area contributed by atoms with Gasteiger partial charge in [0.15, 0.2) is 5.78 Å². The Morgan fingerprint density at radius 2 is 1.96 bits per heavy atom. The molecule has 1 aromatic carbocycles. The number of amides is 1. The van der Waals surface area contributed by atoms with Crippen molar-refractivity contribution in [3.8, 4) is 0 Å². The first-order valence-corrected chi connectivity index (χ1v) is 10.4. The number of ketones is 1. The SMILES string of the molecule is CCCC(=O)c1cn(CC(=O)N[C@@H]2COC[C@H]2N2CCCC2)c2ccccc12. The van der Waals surface area contributed by atoms with Crippen LogP contribution in [0.25, 0.3) is 10.9 Å². The van der Waals surface area contributed by atoms with Gasteiger partial charge in [-0.15, -0.1) is 0 Å². The lowest BCUT2D eigenvalue weighted by Crippen LogP contribution is -2.50. The van der Waals surface area contributed by atoms with Crippen LogP contribution in [0.3, 0.4) is 0 Å². The highest BCUT2D eigenvalue weighted by Gasteiger charge is 2.35. The molecule has 1 amide bonds. The van der Waals surface area contributed by atoms with Gasteiger partial charge in [-0.3, -0.25) is 14.5 Å². The fourth-order valence-corrected chi connectivity index (χ4v) is 4.48. The quantitative estimate of drug-likeness (QED) is 0.747. The van der Waals surface area contributed by atoms with Crippen LogP contribution in [0.15, 0.2) is 30.5 Å². The lowest BCUT2D eigenvalue weighted by molar-refractivity contribution is -0.122. The number of nitrogens with zero attached hydrogens (tertiary/aromatic N) is 2. The maximum absolute atomic E-state index is 12.8. The van der Waals surface area contributed by atoms with Crippen molar-refractivity contribution in [3.63, 3.8) is 0 Å². The van der Waals surface area contributed by atoms with Crippen molar-refractivity contribution >= 4 is 22.6 Å². The number of carbonyl (C=O) groups excluding carboxylic acids is 2. The van der Waals surface area contributed by atoms with E-state index in [1.807, 2.05) is 42.0 Å². The molecular formula is C22H29N3O3. The predicted octanol–water partition coefficient (Wildman–Crippen LogP) is 2.60. The second-order valence-corrected chi connectivity index (χ2v) is 7.88. The van der Waals surface area contributed by atoms with Crippen molar-refractivity contribution in [2.24, 2.45) is 0 Å². The molecule has 6 heteroatoms. The minimum atomic E-state index is -0.0325. The molecule has 2 aliphatic rings. The first-order chi connectivity index (χ1) is 13.7. The fourth-order valence-electron chi connectivity index (χ4n) is 4.48. The molecule has 0 unspecified atom stereocenters. The number of hydrogen-bond donors (Lipinski definition) is 1. The molecule has 1 N–H and O–H groups in total. The standard InChI is InChI=1S/C22H29N3O3/c1-2-7-21(26)17-12-25(19-9-4-3-8-16(17)19)13-22(27)23-18-14-28-15-20(18)24-10-5-6-11-24/h3-4,8-9,12,18,20H,2,5-7,10-11,13-15H2,1H3,(H,23,27)/t18-,20-/m1/s1. The van der Waals surface area contributed by atoms with Crippen LogP contribution in [0, 0.1) is 0 Å². The van der Waals surface area contributed by atoms with Crippen molar-refractivity contribution in [3.05, 3.63) is 36.0 Å². The largest absolute Gasteiger partial charge is 0.378 e. The molecule has 2 saturated heterocycles. The molecule has 1 aromatic heterocycles. The Bertz CT molecular complexity index is 854. The van der Waals surface area contributed by atoms with E-state index in [4.69, 9.17) is 4.74 Å². The van der Waals surface area contributed by atoms with E-state index in [0.29, 0.717) is 25.2 Å². The summed E-state index contributed by atoms with van der Waals surface area (Å²) < 4.78 is 7.56. The zero-order chi connectivity index (χ0) is 19.5. The number of para-hydroxylation sites is 1. The summed E-state index contributed by atoms with van der Waals surface area (Å²) in [6, 6.07) is 8.12. The molecule has 2 atom stereocenters. The first kappa shape index (κ1) is 19.2. The summed E-state index contributed by atoms with van der Waals surface area (Å²) >= 11 is 0. The number of ether oxygens (including phenoxy) is 1. The van der Waals surface area contributed by atoms with E-state index in [0.717, 1.165) is 30.4 Å². The summed E-state index contributed by atoms with van der Waals surface area (Å²) in [5.41, 5.74) is 1.64. The Labute approximate surface area is 165 Å². The van der Waals surface area contributed by atoms with Crippen LogP contribution >= 0.6 is 0 Å². The maximum Gasteiger partial charge on any atom is 0.240 e. The number of benzene rings is 1. The number of hydrogen-bond acceptors (Lipinski definition) is 4. The summed E-state index contributed by atoms with van der Waals surface area (Å²) in [7, 11) is 0. The number of fused-ring (bicyclic) bond motifs is 1. The van der Waals surface area contributed by atoms with Crippen LogP contribution in [0.4, 0.5) is 0 Å². The van der Waals surface area contributed by atoms with Crippen molar-refractivity contribution in [2.75, 3.05) is 26.3 Å². The van der Waals surface area contributed by atoms with E-state index >= 15 is 0 Å². The molecule has 0 spiro atoms. The van der Waals surface area contributed by atoms with Crippen molar-refractivity contribution in [1.82, 2.24) is 14.8 Å². The fraction of sp³-hybridized carbons (Fsp3) is 0.545. The van der Waals surface area contributed by atoms with Gasteiger partial charge >= 0.3 is 0 Å². The number of carbonyl (C=O) groups is 2. The second-order valence-electron chi connectivity index (χ2n) is 7.88. The minimum Gasteiger partial charge on any atom is -0.378 e. The Morgan fingerprint density at radius 3 is 2.75 bits per heavy atom. The van der Waals surface area contributed by atoms with Gasteiger partial charge in [-0.2, -0.15) is 0 Å². The van der Waals surface area contributed by atoms with Crippen molar-refractivity contribution in [2.45, 2.75) is 51.2 Å². The van der Waals surface area contributed by atoms with Crippen LogP contribution < -0.4 is 5.32 Å². The number of likely N-dealkylation sites (tertiary alicyclic amines) is 1. The molecule has 2 fully saturated rings. The van der Waals surface area contributed by atoms with Gasteiger partial charge in [-0.1, -0.05) is 25.1 Å². The number of nitrogens with one attached hydrogen (secondary N) is 1. The van der Waals surface area contributed by atoms with Gasteiger partial charge in [0, 0.05) is 29.1 Å². The van der Waals surface area contributed by atoms with Crippen LogP contribution in [0.1, 0.15) is 43.0 Å². The normalized spacial score (nSPS) is 22.8. The van der Waals surface area contributed by atoms with Crippen molar-refractivity contribution in [1.29, 1.82) is 0 Å². The van der Waals surface area contributed by atoms with E-state index in [1.54, 1.807) is 0 Å². The maximum atomic E-state index is 12.8. The smallest absolute Gasteiger partial charge is 0.240 e. The zero-order valence-electron chi connectivity index (χ0n) is 16.5. The van der Waals surface area contributed by atoms with Crippen molar-refractivity contribution < 1.29 is 14.3 Å². The molecule has 4 rings (SSSR count). The van der Waals surface area contributed by atoms with E-state index in [1.165, 1.54) is 12.8 Å². The number of Topliss-reactive ketones (excluding diaryl/α,β-unsaturated/α-hetero) is 1. The van der Waals surface area contributed by atoms with Crippen LogP contribution in [-0.4, -0.2) is 59.5 Å². The predicted molar refractivity (Wildman–Crippen MR) is 109 cm³/mol. The average Bonchev–Trinajstić information content (AvgIpc) is 3.42. The molecule has 2 aromatic rings. The second kappa shape index (κ2) is 8.45. The Kier molecular flexibility index (Phi) is 5.78. The zero-order valence-corrected chi connectivity index (χ0v) is 16.5. The minimum absolute atomic E-state index is 0.0325. The van der Waals surface area contributed by atoms with Crippen LogP contribution in [0.5, 0.6) is 0 Å². The topological polar surface area (TPSA) is 63.6 Å². The van der Waals surface area contributed by atoms with Gasteiger partial charge in [0.05, 0.1) is 25.3 Å². The summed E-state index contributed by atoms with van der Waals surface area (Å²) in [5, 5.41) is 4.10. The molecule has 0 radical (unpaired) electrons. The summed E-state index contributed by atoms with van der Waals surface area (Å²) in [6.07, 6.45) is 5.63. The third-order valence-corrected chi connectivity index (χ3v) is 5.89. The van der Waals surface area contributed by atoms with E-state index in [2.05, 4.69) is 10.2 Å². The Hall–Kier alpha value is -2.18. The van der Waals surface area contributed by atoms with Gasteiger partial charge in [-0.25, -0.2) is 0 Å². The summed E-state index contributed by atoms with van der Waals surface area (Å²) in [6.45, 7) is 5.65. The van der Waals surface area contributed by atoms with Gasteiger partial charge in [0.1, 0.15) is 6.54 Å². The molecule has 0 aliphatic carbocycles. The third-order valence-electron chi connectivity index (χ3n) is 5.89. The lowest BCUT2D eigenvalue weighted by Gasteiger charge is -2.28. The van der Waals surface area contributed by atoms with E-state index in [-0.39, 0.29) is 30.3 Å². The van der Waals surface area contributed by atoms with Gasteiger partial charge in [-0.05, 0) is 38.4 Å². The molecule has 6 nitrogen and oxygen atoms in total. The molecule has 3 heterocycles.